The molecule has 3 N–H and O–H groups in total. The molecule has 2 saturated carbocycles. The highest BCUT2D eigenvalue weighted by molar-refractivity contribution is 5.80. The van der Waals surface area contributed by atoms with Crippen LogP contribution in [0.2, 0.25) is 0 Å². The smallest absolute Gasteiger partial charge is 0.191 e. The fourth-order valence-corrected chi connectivity index (χ4v) is 5.67. The second-order valence-corrected chi connectivity index (χ2v) is 9.56. The molecule has 1 aromatic carbocycles. The van der Waals surface area contributed by atoms with E-state index in [9.17, 15) is 0 Å². The number of hydrogen-bond donors (Lipinski definition) is 3. The summed E-state index contributed by atoms with van der Waals surface area (Å²) in [6.07, 6.45) is 7.33. The van der Waals surface area contributed by atoms with Crippen LogP contribution in [0.4, 0.5) is 0 Å². The number of nitrogens with one attached hydrogen (secondary N) is 3. The van der Waals surface area contributed by atoms with Gasteiger partial charge in [0.25, 0.3) is 0 Å². The van der Waals surface area contributed by atoms with Gasteiger partial charge in [0.05, 0.1) is 6.10 Å². The second kappa shape index (κ2) is 9.88. The zero-order valence-corrected chi connectivity index (χ0v) is 19.5. The monoisotopic (exact) mass is 428 g/mol. The Hall–Kier alpha value is -1.63. The Kier molecular flexibility index (Phi) is 7.19. The Morgan fingerprint density at radius 1 is 1.19 bits per heavy atom. The van der Waals surface area contributed by atoms with Gasteiger partial charge in [-0.2, -0.15) is 0 Å². The highest BCUT2D eigenvalue weighted by Crippen LogP contribution is 2.57. The summed E-state index contributed by atoms with van der Waals surface area (Å²) in [6, 6.07) is 11.4. The minimum atomic E-state index is -0.00719. The lowest BCUT2D eigenvalue weighted by Gasteiger charge is -2.61. The molecule has 3 unspecified atom stereocenters. The molecular weight excluding hydrogens is 388 g/mol. The Balaban J connectivity index is 1.36. The lowest BCUT2D eigenvalue weighted by atomic mass is 9.51. The molecular formula is C25H40N4O2. The fraction of sp³-hybridized carbons (Fsp3) is 0.720. The molecule has 1 aromatic rings. The van der Waals surface area contributed by atoms with Gasteiger partial charge in [0.15, 0.2) is 5.96 Å². The maximum atomic E-state index is 6.01. The van der Waals surface area contributed by atoms with E-state index in [-0.39, 0.29) is 11.6 Å². The van der Waals surface area contributed by atoms with E-state index >= 15 is 0 Å². The van der Waals surface area contributed by atoms with Crippen molar-refractivity contribution in [1.82, 2.24) is 16.0 Å². The van der Waals surface area contributed by atoms with Crippen LogP contribution in [0.15, 0.2) is 35.3 Å². The van der Waals surface area contributed by atoms with Crippen molar-refractivity contribution in [2.45, 2.75) is 76.1 Å². The van der Waals surface area contributed by atoms with Gasteiger partial charge in [0.1, 0.15) is 0 Å². The minimum absolute atomic E-state index is 0.00719. The van der Waals surface area contributed by atoms with Crippen LogP contribution in [0.1, 0.15) is 64.0 Å². The summed E-state index contributed by atoms with van der Waals surface area (Å²) in [7, 11) is 1.87. The van der Waals surface area contributed by atoms with E-state index in [1.807, 2.05) is 7.05 Å². The molecule has 3 atom stereocenters. The highest BCUT2D eigenvalue weighted by atomic mass is 16.5. The maximum Gasteiger partial charge on any atom is 0.191 e. The van der Waals surface area contributed by atoms with Gasteiger partial charge in [0.2, 0.25) is 0 Å². The average molecular weight is 429 g/mol. The van der Waals surface area contributed by atoms with Crippen LogP contribution < -0.4 is 16.0 Å². The van der Waals surface area contributed by atoms with Gasteiger partial charge >= 0.3 is 0 Å². The van der Waals surface area contributed by atoms with Crippen molar-refractivity contribution in [2.75, 3.05) is 33.4 Å². The van der Waals surface area contributed by atoms with Crippen molar-refractivity contribution < 1.29 is 9.47 Å². The van der Waals surface area contributed by atoms with E-state index in [1.165, 1.54) is 24.8 Å². The van der Waals surface area contributed by atoms with E-state index in [0.29, 0.717) is 17.6 Å². The van der Waals surface area contributed by atoms with Crippen LogP contribution in [0, 0.1) is 5.41 Å². The second-order valence-electron chi connectivity index (χ2n) is 9.56. The summed E-state index contributed by atoms with van der Waals surface area (Å²) >= 11 is 0. The molecule has 3 aliphatic rings. The van der Waals surface area contributed by atoms with Crippen LogP contribution in [-0.4, -0.2) is 57.1 Å². The van der Waals surface area contributed by atoms with Gasteiger partial charge in [-0.15, -0.1) is 0 Å². The van der Waals surface area contributed by atoms with Crippen molar-refractivity contribution in [3.63, 3.8) is 0 Å². The van der Waals surface area contributed by atoms with E-state index in [2.05, 4.69) is 65.1 Å². The van der Waals surface area contributed by atoms with Crippen LogP contribution in [0.5, 0.6) is 0 Å². The van der Waals surface area contributed by atoms with Gasteiger partial charge in [-0.1, -0.05) is 36.8 Å². The van der Waals surface area contributed by atoms with E-state index < -0.39 is 0 Å². The summed E-state index contributed by atoms with van der Waals surface area (Å²) in [4.78, 5) is 4.55. The van der Waals surface area contributed by atoms with Crippen molar-refractivity contribution in [2.24, 2.45) is 10.4 Å². The molecule has 0 bridgehead atoms. The van der Waals surface area contributed by atoms with Crippen LogP contribution in [0.25, 0.3) is 0 Å². The summed E-state index contributed by atoms with van der Waals surface area (Å²) in [6.45, 7) is 7.59. The van der Waals surface area contributed by atoms with Gasteiger partial charge < -0.3 is 25.4 Å². The van der Waals surface area contributed by atoms with E-state index in [0.717, 1.165) is 51.6 Å². The molecule has 31 heavy (non-hydrogen) atoms. The summed E-state index contributed by atoms with van der Waals surface area (Å²) < 4.78 is 11.7. The molecule has 0 amide bonds. The van der Waals surface area contributed by atoms with E-state index in [4.69, 9.17) is 9.47 Å². The maximum absolute atomic E-state index is 6.01. The molecule has 172 valence electrons. The SMILES string of the molecule is CCOC1CC(NC(=NC)NCC2(NC(C)c3ccccc3)CCOCC2)C12CCC2. The molecule has 6 heteroatoms. The Labute approximate surface area is 187 Å². The normalized spacial score (nSPS) is 27.8. The molecule has 1 aliphatic heterocycles. The lowest BCUT2D eigenvalue weighted by molar-refractivity contribution is -0.168. The first-order valence-electron chi connectivity index (χ1n) is 12.1. The molecule has 3 fully saturated rings. The molecule has 6 nitrogen and oxygen atoms in total. The third-order valence-electron chi connectivity index (χ3n) is 7.84. The minimum Gasteiger partial charge on any atom is -0.381 e. The number of nitrogens with zero attached hydrogens (tertiary/aromatic N) is 1. The molecule has 0 aromatic heterocycles. The first-order valence-corrected chi connectivity index (χ1v) is 12.1. The molecule has 1 saturated heterocycles. The predicted octanol–water partition coefficient (Wildman–Crippen LogP) is 3.40. The summed E-state index contributed by atoms with van der Waals surface area (Å²) in [5.41, 5.74) is 1.64. The zero-order valence-electron chi connectivity index (χ0n) is 19.5. The zero-order chi connectivity index (χ0) is 21.7. The fourth-order valence-electron chi connectivity index (χ4n) is 5.67. The predicted molar refractivity (Wildman–Crippen MR) is 125 cm³/mol. The van der Waals surface area contributed by atoms with E-state index in [1.54, 1.807) is 0 Å². The highest BCUT2D eigenvalue weighted by Gasteiger charge is 2.59. The quantitative estimate of drug-likeness (QED) is 0.437. The number of benzene rings is 1. The topological polar surface area (TPSA) is 66.9 Å². The number of hydrogen-bond acceptors (Lipinski definition) is 4. The average Bonchev–Trinajstić information content (AvgIpc) is 2.75. The molecule has 4 rings (SSSR count). The van der Waals surface area contributed by atoms with Crippen molar-refractivity contribution in [1.29, 1.82) is 0 Å². The largest absolute Gasteiger partial charge is 0.381 e. The summed E-state index contributed by atoms with van der Waals surface area (Å²) in [5.74, 6) is 0.909. The van der Waals surface area contributed by atoms with Gasteiger partial charge in [-0.25, -0.2) is 0 Å². The van der Waals surface area contributed by atoms with Crippen LogP contribution in [0.3, 0.4) is 0 Å². The molecule has 1 heterocycles. The lowest BCUT2D eigenvalue weighted by Crippen LogP contribution is -2.69. The molecule has 0 radical (unpaired) electrons. The Bertz CT molecular complexity index is 728. The standard InChI is InChI=1S/C25H40N4O2/c1-4-31-22-17-21(25(22)11-8-12-25)28-23(26-3)27-18-24(13-15-30-16-14-24)29-19(2)20-9-6-5-7-10-20/h5-7,9-10,19,21-22,29H,4,8,11-18H2,1-3H3,(H2,26,27,28). The first-order chi connectivity index (χ1) is 15.1. The Morgan fingerprint density at radius 3 is 2.55 bits per heavy atom. The molecule has 2 aliphatic carbocycles. The van der Waals surface area contributed by atoms with Crippen molar-refractivity contribution in [3.05, 3.63) is 35.9 Å². The number of rotatable bonds is 8. The van der Waals surface area contributed by atoms with Crippen LogP contribution in [-0.2, 0) is 9.47 Å². The summed E-state index contributed by atoms with van der Waals surface area (Å²) in [5, 5.41) is 11.3. The van der Waals surface area contributed by atoms with Crippen molar-refractivity contribution in [3.8, 4) is 0 Å². The molecule has 1 spiro atoms. The number of guanidine groups is 1. The van der Waals surface area contributed by atoms with Crippen molar-refractivity contribution >= 4 is 5.96 Å². The first kappa shape index (κ1) is 22.6. The Morgan fingerprint density at radius 2 is 1.94 bits per heavy atom. The van der Waals surface area contributed by atoms with Gasteiger partial charge in [-0.3, -0.25) is 4.99 Å². The van der Waals surface area contributed by atoms with Crippen LogP contribution >= 0.6 is 0 Å². The third-order valence-corrected chi connectivity index (χ3v) is 7.84. The third kappa shape index (κ3) is 4.76. The number of ether oxygens (including phenoxy) is 2. The number of aliphatic imine (C=N–C) groups is 1. The van der Waals surface area contributed by atoms with Gasteiger partial charge in [-0.05, 0) is 51.5 Å². The van der Waals surface area contributed by atoms with Gasteiger partial charge in [0, 0.05) is 56.5 Å².